The Morgan fingerprint density at radius 3 is 2.65 bits per heavy atom. The predicted molar refractivity (Wildman–Crippen MR) is 71.1 cm³/mol. The molecule has 0 aliphatic heterocycles. The molecule has 0 fully saturated rings. The fraction of sp³-hybridized carbons (Fsp3) is 0.214. The summed E-state index contributed by atoms with van der Waals surface area (Å²) < 4.78 is 5.09. The van der Waals surface area contributed by atoms with Gasteiger partial charge in [0.25, 0.3) is 5.91 Å². The standard InChI is InChI=1S/C14H14N2O4/c1-2-10(14(18)19)15-13(17)11-8-12(20-16-11)9-6-4-3-5-7-9/h3-8,10H,2H2,1H3,(H,15,17)(H,18,19)/t10-/m1/s1. The molecule has 1 aromatic carbocycles. The second-order valence-corrected chi connectivity index (χ2v) is 4.21. The molecule has 0 unspecified atom stereocenters. The zero-order valence-electron chi connectivity index (χ0n) is 10.9. The predicted octanol–water partition coefficient (Wildman–Crippen LogP) is 1.93. The number of carboxylic acid groups (broad SMARTS) is 1. The molecule has 104 valence electrons. The monoisotopic (exact) mass is 274 g/mol. The minimum atomic E-state index is -1.08. The Morgan fingerprint density at radius 2 is 2.05 bits per heavy atom. The van der Waals surface area contributed by atoms with Crippen LogP contribution in [0.5, 0.6) is 0 Å². The summed E-state index contributed by atoms with van der Waals surface area (Å²) in [6, 6.07) is 9.76. The first-order chi connectivity index (χ1) is 9.61. The summed E-state index contributed by atoms with van der Waals surface area (Å²) in [5.74, 6) is -1.18. The molecule has 0 spiro atoms. The van der Waals surface area contributed by atoms with Crippen molar-refractivity contribution in [2.75, 3.05) is 0 Å². The smallest absolute Gasteiger partial charge is 0.326 e. The molecule has 0 aliphatic carbocycles. The molecule has 0 saturated heterocycles. The number of carbonyl (C=O) groups is 2. The third-order valence-electron chi connectivity index (χ3n) is 2.81. The first-order valence-corrected chi connectivity index (χ1v) is 6.17. The lowest BCUT2D eigenvalue weighted by atomic mass is 10.1. The molecule has 6 nitrogen and oxygen atoms in total. The minimum Gasteiger partial charge on any atom is -0.480 e. The SMILES string of the molecule is CC[C@@H](NC(=O)c1cc(-c2ccccc2)on1)C(=O)O. The Labute approximate surface area is 115 Å². The zero-order valence-corrected chi connectivity index (χ0v) is 10.9. The van der Waals surface area contributed by atoms with Gasteiger partial charge in [0.05, 0.1) is 0 Å². The van der Waals surface area contributed by atoms with E-state index in [4.69, 9.17) is 9.63 Å². The van der Waals surface area contributed by atoms with Crippen molar-refractivity contribution < 1.29 is 19.2 Å². The molecular weight excluding hydrogens is 260 g/mol. The van der Waals surface area contributed by atoms with Gasteiger partial charge < -0.3 is 14.9 Å². The number of aliphatic carboxylic acids is 1. The molecule has 1 aromatic heterocycles. The van der Waals surface area contributed by atoms with Crippen LogP contribution in [-0.4, -0.2) is 28.2 Å². The quantitative estimate of drug-likeness (QED) is 0.869. The van der Waals surface area contributed by atoms with Crippen LogP contribution in [0.2, 0.25) is 0 Å². The third-order valence-corrected chi connectivity index (χ3v) is 2.81. The highest BCUT2D eigenvalue weighted by molar-refractivity contribution is 5.95. The van der Waals surface area contributed by atoms with Gasteiger partial charge in [-0.15, -0.1) is 0 Å². The maximum atomic E-state index is 11.9. The number of nitrogens with zero attached hydrogens (tertiary/aromatic N) is 1. The fourth-order valence-corrected chi connectivity index (χ4v) is 1.69. The van der Waals surface area contributed by atoms with Gasteiger partial charge in [-0.2, -0.15) is 0 Å². The van der Waals surface area contributed by atoms with E-state index < -0.39 is 17.9 Å². The summed E-state index contributed by atoms with van der Waals surface area (Å²) >= 11 is 0. The van der Waals surface area contributed by atoms with Crippen molar-refractivity contribution in [3.8, 4) is 11.3 Å². The van der Waals surface area contributed by atoms with Gasteiger partial charge in [-0.3, -0.25) is 4.79 Å². The molecule has 20 heavy (non-hydrogen) atoms. The van der Waals surface area contributed by atoms with E-state index in [9.17, 15) is 9.59 Å². The van der Waals surface area contributed by atoms with E-state index in [1.807, 2.05) is 30.3 Å². The van der Waals surface area contributed by atoms with Gasteiger partial charge in [0, 0.05) is 11.6 Å². The van der Waals surface area contributed by atoms with E-state index >= 15 is 0 Å². The van der Waals surface area contributed by atoms with Crippen LogP contribution in [0.4, 0.5) is 0 Å². The van der Waals surface area contributed by atoms with E-state index in [0.717, 1.165) is 5.56 Å². The molecule has 2 rings (SSSR count). The molecule has 0 aliphatic rings. The summed E-state index contributed by atoms with van der Waals surface area (Å²) in [6.45, 7) is 1.68. The minimum absolute atomic E-state index is 0.0588. The number of benzene rings is 1. The van der Waals surface area contributed by atoms with Crippen molar-refractivity contribution in [2.24, 2.45) is 0 Å². The van der Waals surface area contributed by atoms with Crippen LogP contribution in [0.25, 0.3) is 11.3 Å². The Morgan fingerprint density at radius 1 is 1.35 bits per heavy atom. The van der Waals surface area contributed by atoms with Crippen molar-refractivity contribution in [2.45, 2.75) is 19.4 Å². The lowest BCUT2D eigenvalue weighted by Gasteiger charge is -2.10. The maximum Gasteiger partial charge on any atom is 0.326 e. The van der Waals surface area contributed by atoms with Crippen molar-refractivity contribution in [1.82, 2.24) is 10.5 Å². The number of hydrogen-bond donors (Lipinski definition) is 2. The molecule has 0 bridgehead atoms. The normalized spacial score (nSPS) is 11.8. The molecule has 1 amide bonds. The molecule has 1 heterocycles. The van der Waals surface area contributed by atoms with Gasteiger partial charge in [0.15, 0.2) is 11.5 Å². The largest absolute Gasteiger partial charge is 0.480 e. The second kappa shape index (κ2) is 6.01. The van der Waals surface area contributed by atoms with Crippen LogP contribution in [0.1, 0.15) is 23.8 Å². The van der Waals surface area contributed by atoms with Gasteiger partial charge in [-0.05, 0) is 6.42 Å². The Balaban J connectivity index is 2.13. The molecule has 6 heteroatoms. The summed E-state index contributed by atoms with van der Waals surface area (Å²) in [5, 5.41) is 14.9. The van der Waals surface area contributed by atoms with Crippen LogP contribution >= 0.6 is 0 Å². The van der Waals surface area contributed by atoms with E-state index in [1.165, 1.54) is 6.07 Å². The Bertz CT molecular complexity index is 607. The summed E-state index contributed by atoms with van der Waals surface area (Å²) in [7, 11) is 0. The summed E-state index contributed by atoms with van der Waals surface area (Å²) in [6.07, 6.45) is 0.296. The summed E-state index contributed by atoms with van der Waals surface area (Å²) in [5.41, 5.74) is 0.855. The van der Waals surface area contributed by atoms with Crippen LogP contribution in [-0.2, 0) is 4.79 Å². The van der Waals surface area contributed by atoms with Crippen LogP contribution in [0, 0.1) is 0 Å². The molecule has 2 aromatic rings. The van der Waals surface area contributed by atoms with Crippen LogP contribution in [0.3, 0.4) is 0 Å². The summed E-state index contributed by atoms with van der Waals surface area (Å²) in [4.78, 5) is 22.7. The first kappa shape index (κ1) is 13.8. The molecule has 1 atom stereocenters. The van der Waals surface area contributed by atoms with E-state index in [2.05, 4.69) is 10.5 Å². The number of hydrogen-bond acceptors (Lipinski definition) is 4. The highest BCUT2D eigenvalue weighted by Crippen LogP contribution is 2.19. The Hall–Kier alpha value is -2.63. The van der Waals surface area contributed by atoms with E-state index in [-0.39, 0.29) is 5.69 Å². The first-order valence-electron chi connectivity index (χ1n) is 6.17. The van der Waals surface area contributed by atoms with Crippen molar-refractivity contribution in [1.29, 1.82) is 0 Å². The van der Waals surface area contributed by atoms with Crippen molar-refractivity contribution in [3.05, 3.63) is 42.1 Å². The lowest BCUT2D eigenvalue weighted by Crippen LogP contribution is -2.40. The number of rotatable bonds is 5. The van der Waals surface area contributed by atoms with Gasteiger partial charge in [-0.25, -0.2) is 4.79 Å². The second-order valence-electron chi connectivity index (χ2n) is 4.21. The molecule has 0 saturated carbocycles. The number of carbonyl (C=O) groups excluding carboxylic acids is 1. The molecule has 0 radical (unpaired) electrons. The lowest BCUT2D eigenvalue weighted by molar-refractivity contribution is -0.139. The topological polar surface area (TPSA) is 92.4 Å². The number of carboxylic acids is 1. The highest BCUT2D eigenvalue weighted by Gasteiger charge is 2.21. The number of aromatic nitrogens is 1. The van der Waals surface area contributed by atoms with Crippen molar-refractivity contribution >= 4 is 11.9 Å². The fourth-order valence-electron chi connectivity index (χ4n) is 1.69. The molecular formula is C14H14N2O4. The average Bonchev–Trinajstić information content (AvgIpc) is 2.95. The Kier molecular flexibility index (Phi) is 4.14. The average molecular weight is 274 g/mol. The zero-order chi connectivity index (χ0) is 14.5. The highest BCUT2D eigenvalue weighted by atomic mass is 16.5. The van der Waals surface area contributed by atoms with E-state index in [0.29, 0.717) is 12.2 Å². The van der Waals surface area contributed by atoms with Crippen molar-refractivity contribution in [3.63, 3.8) is 0 Å². The molecule has 2 N–H and O–H groups in total. The van der Waals surface area contributed by atoms with E-state index in [1.54, 1.807) is 6.92 Å². The number of nitrogens with one attached hydrogen (secondary N) is 1. The van der Waals surface area contributed by atoms with Gasteiger partial charge in [0.1, 0.15) is 6.04 Å². The number of amides is 1. The van der Waals surface area contributed by atoms with Crippen LogP contribution in [0.15, 0.2) is 40.9 Å². The third kappa shape index (κ3) is 3.03. The van der Waals surface area contributed by atoms with Gasteiger partial charge in [0.2, 0.25) is 0 Å². The van der Waals surface area contributed by atoms with Gasteiger partial charge >= 0.3 is 5.97 Å². The van der Waals surface area contributed by atoms with Crippen LogP contribution < -0.4 is 5.32 Å². The van der Waals surface area contributed by atoms with Gasteiger partial charge in [-0.1, -0.05) is 42.4 Å². The maximum absolute atomic E-state index is 11.9.